The highest BCUT2D eigenvalue weighted by atomic mass is 16.6. The van der Waals surface area contributed by atoms with Crippen molar-refractivity contribution in [2.24, 2.45) is 0 Å². The zero-order valence-corrected chi connectivity index (χ0v) is 11.9. The number of anilines is 1. The van der Waals surface area contributed by atoms with Crippen LogP contribution < -0.4 is 10.5 Å². The number of hydrogen-bond acceptors (Lipinski definition) is 5. The van der Waals surface area contributed by atoms with Crippen molar-refractivity contribution in [2.75, 3.05) is 19.8 Å². The zero-order chi connectivity index (χ0) is 14.7. The second-order valence-electron chi connectivity index (χ2n) is 5.45. The van der Waals surface area contributed by atoms with Gasteiger partial charge in [0.05, 0.1) is 16.7 Å². The van der Waals surface area contributed by atoms with Gasteiger partial charge < -0.3 is 15.4 Å². The third kappa shape index (κ3) is 3.19. The number of nitro benzene ring substituents is 1. The number of rotatable bonds is 4. The molecule has 2 N–H and O–H groups in total. The molecule has 0 amide bonds. The minimum absolute atomic E-state index is 0.00594. The normalized spacial score (nSPS) is 22.8. The molecule has 1 aliphatic rings. The van der Waals surface area contributed by atoms with Crippen LogP contribution in [0.3, 0.4) is 0 Å². The number of likely N-dealkylation sites (N-methyl/N-ethyl adjacent to an activating group) is 1. The predicted octanol–water partition coefficient (Wildman–Crippen LogP) is 2.43. The Kier molecular flexibility index (Phi) is 4.44. The Hall–Kier alpha value is -1.82. The van der Waals surface area contributed by atoms with Crippen molar-refractivity contribution < 1.29 is 9.66 Å². The molecule has 6 heteroatoms. The summed E-state index contributed by atoms with van der Waals surface area (Å²) in [6, 6.07) is 4.66. The van der Waals surface area contributed by atoms with Crippen molar-refractivity contribution >= 4 is 11.4 Å². The van der Waals surface area contributed by atoms with Crippen LogP contribution >= 0.6 is 0 Å². The zero-order valence-electron chi connectivity index (χ0n) is 11.9. The molecule has 1 aliphatic carbocycles. The lowest BCUT2D eigenvalue weighted by molar-refractivity contribution is -0.384. The molecule has 2 unspecified atom stereocenters. The van der Waals surface area contributed by atoms with Gasteiger partial charge in [0.1, 0.15) is 11.9 Å². The van der Waals surface area contributed by atoms with E-state index in [0.29, 0.717) is 17.5 Å². The van der Waals surface area contributed by atoms with Gasteiger partial charge in [0.15, 0.2) is 0 Å². The fraction of sp³-hybridized carbons (Fsp3) is 0.571. The van der Waals surface area contributed by atoms with Gasteiger partial charge in [0.25, 0.3) is 5.69 Å². The Bertz CT molecular complexity index is 491. The van der Waals surface area contributed by atoms with Gasteiger partial charge in [-0.1, -0.05) is 6.42 Å². The molecular weight excluding hydrogens is 258 g/mol. The fourth-order valence-corrected chi connectivity index (χ4v) is 2.71. The Morgan fingerprint density at radius 1 is 1.35 bits per heavy atom. The van der Waals surface area contributed by atoms with E-state index in [1.807, 2.05) is 14.1 Å². The van der Waals surface area contributed by atoms with Gasteiger partial charge in [-0.15, -0.1) is 0 Å². The number of non-ortho nitro benzene ring substituents is 1. The van der Waals surface area contributed by atoms with Crippen molar-refractivity contribution in [2.45, 2.75) is 37.8 Å². The summed E-state index contributed by atoms with van der Waals surface area (Å²) in [4.78, 5) is 12.5. The van der Waals surface area contributed by atoms with E-state index in [1.165, 1.54) is 24.6 Å². The molecular formula is C14H21N3O3. The molecule has 1 aromatic rings. The van der Waals surface area contributed by atoms with Crippen molar-refractivity contribution in [3.05, 3.63) is 28.3 Å². The number of nitrogens with zero attached hydrogens (tertiary/aromatic N) is 2. The highest BCUT2D eigenvalue weighted by Crippen LogP contribution is 2.31. The van der Waals surface area contributed by atoms with Crippen molar-refractivity contribution in [3.63, 3.8) is 0 Å². The maximum atomic E-state index is 10.8. The number of hydrogen-bond donors (Lipinski definition) is 1. The summed E-state index contributed by atoms with van der Waals surface area (Å²) in [6.45, 7) is 0. The first-order valence-corrected chi connectivity index (χ1v) is 6.86. The van der Waals surface area contributed by atoms with E-state index in [9.17, 15) is 10.1 Å². The molecule has 0 spiro atoms. The lowest BCUT2D eigenvalue weighted by atomic mass is 9.91. The Morgan fingerprint density at radius 2 is 2.05 bits per heavy atom. The predicted molar refractivity (Wildman–Crippen MR) is 77.9 cm³/mol. The van der Waals surface area contributed by atoms with Gasteiger partial charge in [0, 0.05) is 12.1 Å². The van der Waals surface area contributed by atoms with Gasteiger partial charge in [-0.3, -0.25) is 10.1 Å². The first-order valence-electron chi connectivity index (χ1n) is 6.86. The summed E-state index contributed by atoms with van der Waals surface area (Å²) in [5, 5.41) is 10.8. The third-order valence-electron chi connectivity index (χ3n) is 3.82. The van der Waals surface area contributed by atoms with Crippen LogP contribution in [0.15, 0.2) is 18.2 Å². The van der Waals surface area contributed by atoms with E-state index in [4.69, 9.17) is 10.5 Å². The van der Waals surface area contributed by atoms with Crippen LogP contribution in [0.2, 0.25) is 0 Å². The van der Waals surface area contributed by atoms with E-state index in [0.717, 1.165) is 19.3 Å². The first kappa shape index (κ1) is 14.6. The van der Waals surface area contributed by atoms with Crippen LogP contribution in [0, 0.1) is 10.1 Å². The molecule has 0 heterocycles. The highest BCUT2D eigenvalue weighted by Gasteiger charge is 2.29. The monoisotopic (exact) mass is 279 g/mol. The molecule has 20 heavy (non-hydrogen) atoms. The summed E-state index contributed by atoms with van der Waals surface area (Å²) in [6.07, 6.45) is 4.36. The standard InChI is InChI=1S/C14H21N3O3/c1-16(2)12-5-3-4-6-13(12)20-14-9-10(17(18)19)7-8-11(14)15/h7-9,12-13H,3-6,15H2,1-2H3. The molecule has 0 aliphatic heterocycles. The third-order valence-corrected chi connectivity index (χ3v) is 3.82. The molecule has 2 rings (SSSR count). The van der Waals surface area contributed by atoms with Gasteiger partial charge in [-0.05, 0) is 39.4 Å². The molecule has 1 saturated carbocycles. The molecule has 0 aromatic heterocycles. The topological polar surface area (TPSA) is 81.6 Å². The number of nitro groups is 1. The Balaban J connectivity index is 2.19. The molecule has 6 nitrogen and oxygen atoms in total. The number of benzene rings is 1. The molecule has 110 valence electrons. The van der Waals surface area contributed by atoms with Gasteiger partial charge in [0.2, 0.25) is 0 Å². The van der Waals surface area contributed by atoms with Crippen LogP contribution in [-0.2, 0) is 0 Å². The summed E-state index contributed by atoms with van der Waals surface area (Å²) >= 11 is 0. The van der Waals surface area contributed by atoms with E-state index in [-0.39, 0.29) is 11.8 Å². The minimum atomic E-state index is -0.434. The van der Waals surface area contributed by atoms with Crippen molar-refractivity contribution in [1.82, 2.24) is 4.90 Å². The maximum Gasteiger partial charge on any atom is 0.273 e. The van der Waals surface area contributed by atoms with E-state index < -0.39 is 4.92 Å². The average molecular weight is 279 g/mol. The summed E-state index contributed by atoms with van der Waals surface area (Å²) in [5.74, 6) is 0.415. The molecule has 0 saturated heterocycles. The van der Waals surface area contributed by atoms with Gasteiger partial charge in [-0.25, -0.2) is 0 Å². The Morgan fingerprint density at radius 3 is 2.70 bits per heavy atom. The fourth-order valence-electron chi connectivity index (χ4n) is 2.71. The highest BCUT2D eigenvalue weighted by molar-refractivity contribution is 5.57. The van der Waals surface area contributed by atoms with Crippen LogP contribution in [0.4, 0.5) is 11.4 Å². The molecule has 2 atom stereocenters. The lowest BCUT2D eigenvalue weighted by Gasteiger charge is -2.36. The van der Waals surface area contributed by atoms with Crippen LogP contribution in [0.25, 0.3) is 0 Å². The largest absolute Gasteiger partial charge is 0.486 e. The number of nitrogens with two attached hydrogens (primary N) is 1. The van der Waals surface area contributed by atoms with Crippen molar-refractivity contribution in [3.8, 4) is 5.75 Å². The van der Waals surface area contributed by atoms with E-state index in [1.54, 1.807) is 0 Å². The molecule has 1 fully saturated rings. The number of nitrogen functional groups attached to an aromatic ring is 1. The first-order chi connectivity index (χ1) is 9.49. The summed E-state index contributed by atoms with van der Waals surface area (Å²) in [7, 11) is 4.06. The smallest absolute Gasteiger partial charge is 0.273 e. The SMILES string of the molecule is CN(C)C1CCCCC1Oc1cc([N+](=O)[O-])ccc1N. The van der Waals surface area contributed by atoms with Crippen molar-refractivity contribution in [1.29, 1.82) is 0 Å². The average Bonchev–Trinajstić information content (AvgIpc) is 2.41. The van der Waals surface area contributed by atoms with Crippen LogP contribution in [0.1, 0.15) is 25.7 Å². The van der Waals surface area contributed by atoms with E-state index >= 15 is 0 Å². The summed E-state index contributed by atoms with van der Waals surface area (Å²) < 4.78 is 5.98. The number of ether oxygens (including phenoxy) is 1. The van der Waals surface area contributed by atoms with Gasteiger partial charge in [-0.2, -0.15) is 0 Å². The summed E-state index contributed by atoms with van der Waals surface area (Å²) in [5.41, 5.74) is 6.32. The second-order valence-corrected chi connectivity index (χ2v) is 5.45. The van der Waals surface area contributed by atoms with Crippen LogP contribution in [-0.4, -0.2) is 36.1 Å². The minimum Gasteiger partial charge on any atom is -0.486 e. The Labute approximate surface area is 118 Å². The molecule has 1 aromatic carbocycles. The quantitative estimate of drug-likeness (QED) is 0.520. The molecule has 0 bridgehead atoms. The van der Waals surface area contributed by atoms with E-state index in [2.05, 4.69) is 4.90 Å². The second kappa shape index (κ2) is 6.09. The van der Waals surface area contributed by atoms with Crippen LogP contribution in [0.5, 0.6) is 5.75 Å². The maximum absolute atomic E-state index is 10.8. The lowest BCUT2D eigenvalue weighted by Crippen LogP contribution is -2.44. The molecule has 0 radical (unpaired) electrons. The van der Waals surface area contributed by atoms with Gasteiger partial charge >= 0.3 is 0 Å².